The standard InChI is InChI=1S/C11H7NS.C5H5N/c1-2-5-9-8(4-1)11-10(13-9)6-3-7-12-11;1-2-4-6-5-3-1/h1-7H;1-5H. The fourth-order valence-corrected chi connectivity index (χ4v) is 2.92. The predicted molar refractivity (Wildman–Crippen MR) is 81.4 cm³/mol. The molecule has 3 aromatic heterocycles. The lowest BCUT2D eigenvalue weighted by Crippen LogP contribution is -1.69. The van der Waals surface area contributed by atoms with E-state index in [1.54, 1.807) is 23.7 Å². The normalized spacial score (nSPS) is 10.1. The molecule has 3 heteroatoms. The van der Waals surface area contributed by atoms with Gasteiger partial charge in [-0.15, -0.1) is 11.3 Å². The number of thiophene rings is 1. The summed E-state index contributed by atoms with van der Waals surface area (Å²) in [5, 5.41) is 1.27. The number of rotatable bonds is 0. The molecule has 0 amide bonds. The van der Waals surface area contributed by atoms with Crippen LogP contribution in [0.3, 0.4) is 0 Å². The van der Waals surface area contributed by atoms with Crippen molar-refractivity contribution in [1.82, 2.24) is 9.97 Å². The number of pyridine rings is 2. The molecule has 0 aliphatic rings. The molecule has 92 valence electrons. The quantitative estimate of drug-likeness (QED) is 0.466. The maximum atomic E-state index is 4.38. The zero-order valence-electron chi connectivity index (χ0n) is 10.2. The van der Waals surface area contributed by atoms with Crippen molar-refractivity contribution in [1.29, 1.82) is 0 Å². The van der Waals surface area contributed by atoms with E-state index < -0.39 is 0 Å². The molecule has 0 spiro atoms. The second-order valence-corrected chi connectivity index (χ2v) is 5.06. The molecule has 0 aliphatic heterocycles. The van der Waals surface area contributed by atoms with Crippen LogP contribution in [0.25, 0.3) is 20.3 Å². The van der Waals surface area contributed by atoms with Crippen LogP contribution in [0.1, 0.15) is 0 Å². The summed E-state index contributed by atoms with van der Waals surface area (Å²) in [4.78, 5) is 8.16. The molecule has 0 radical (unpaired) electrons. The lowest BCUT2D eigenvalue weighted by atomic mass is 10.2. The Labute approximate surface area is 115 Å². The highest BCUT2D eigenvalue weighted by Crippen LogP contribution is 2.31. The van der Waals surface area contributed by atoms with E-state index in [9.17, 15) is 0 Å². The maximum absolute atomic E-state index is 4.38. The Balaban J connectivity index is 0.000000155. The van der Waals surface area contributed by atoms with Crippen molar-refractivity contribution in [3.63, 3.8) is 0 Å². The Hall–Kier alpha value is -2.26. The number of benzene rings is 1. The van der Waals surface area contributed by atoms with Gasteiger partial charge in [-0.25, -0.2) is 0 Å². The summed E-state index contributed by atoms with van der Waals surface area (Å²) in [6.45, 7) is 0. The van der Waals surface area contributed by atoms with Gasteiger partial charge in [0.25, 0.3) is 0 Å². The summed E-state index contributed by atoms with van der Waals surface area (Å²) in [6.07, 6.45) is 5.35. The van der Waals surface area contributed by atoms with Crippen molar-refractivity contribution < 1.29 is 0 Å². The zero-order valence-corrected chi connectivity index (χ0v) is 11.0. The smallest absolute Gasteiger partial charge is 0.0888 e. The molecule has 0 fully saturated rings. The van der Waals surface area contributed by atoms with E-state index in [1.807, 2.05) is 30.5 Å². The van der Waals surface area contributed by atoms with Gasteiger partial charge >= 0.3 is 0 Å². The third kappa shape index (κ3) is 2.61. The minimum absolute atomic E-state index is 1.13. The van der Waals surface area contributed by atoms with Crippen LogP contribution in [0.2, 0.25) is 0 Å². The Kier molecular flexibility index (Phi) is 3.47. The monoisotopic (exact) mass is 264 g/mol. The number of nitrogens with zero attached hydrogens (tertiary/aromatic N) is 2. The molecule has 0 saturated heterocycles. The van der Waals surface area contributed by atoms with Crippen LogP contribution in [0.4, 0.5) is 0 Å². The van der Waals surface area contributed by atoms with Gasteiger partial charge in [0.1, 0.15) is 0 Å². The molecule has 0 saturated carbocycles. The number of hydrogen-bond acceptors (Lipinski definition) is 3. The molecule has 1 aromatic carbocycles. The van der Waals surface area contributed by atoms with Crippen LogP contribution in [0.15, 0.2) is 73.2 Å². The molecule has 0 atom stereocenters. The molecule has 19 heavy (non-hydrogen) atoms. The SMILES string of the molecule is c1ccc2c(c1)sc1cccnc12.c1ccncc1. The lowest BCUT2D eigenvalue weighted by molar-refractivity contribution is 1.33. The minimum atomic E-state index is 1.13. The Bertz CT molecular complexity index is 701. The van der Waals surface area contributed by atoms with Crippen molar-refractivity contribution in [2.45, 2.75) is 0 Å². The third-order valence-electron chi connectivity index (χ3n) is 2.70. The Morgan fingerprint density at radius 2 is 1.47 bits per heavy atom. The molecular formula is C16H12N2S. The van der Waals surface area contributed by atoms with Gasteiger partial charge in [0.15, 0.2) is 0 Å². The second-order valence-electron chi connectivity index (χ2n) is 3.97. The molecule has 0 unspecified atom stereocenters. The molecule has 2 nitrogen and oxygen atoms in total. The van der Waals surface area contributed by atoms with Crippen molar-refractivity contribution in [2.75, 3.05) is 0 Å². The van der Waals surface area contributed by atoms with Gasteiger partial charge in [-0.1, -0.05) is 24.3 Å². The van der Waals surface area contributed by atoms with Crippen LogP contribution >= 0.6 is 11.3 Å². The maximum Gasteiger partial charge on any atom is 0.0888 e. The topological polar surface area (TPSA) is 25.8 Å². The van der Waals surface area contributed by atoms with E-state index in [0.29, 0.717) is 0 Å². The van der Waals surface area contributed by atoms with Crippen LogP contribution in [-0.2, 0) is 0 Å². The summed E-state index contributed by atoms with van der Waals surface area (Å²) in [5.41, 5.74) is 1.13. The molecule has 4 rings (SSSR count). The number of fused-ring (bicyclic) bond motifs is 3. The molecule has 4 aromatic rings. The highest BCUT2D eigenvalue weighted by atomic mass is 32.1. The van der Waals surface area contributed by atoms with Crippen LogP contribution in [0, 0.1) is 0 Å². The largest absolute Gasteiger partial charge is 0.265 e. The number of aromatic nitrogens is 2. The van der Waals surface area contributed by atoms with E-state index in [4.69, 9.17) is 0 Å². The van der Waals surface area contributed by atoms with Crippen LogP contribution < -0.4 is 0 Å². The summed E-state index contributed by atoms with van der Waals surface area (Å²) in [7, 11) is 0. The van der Waals surface area contributed by atoms with Crippen molar-refractivity contribution in [3.05, 3.63) is 73.2 Å². The van der Waals surface area contributed by atoms with E-state index in [2.05, 4.69) is 40.3 Å². The first-order chi connectivity index (χ1) is 9.45. The van der Waals surface area contributed by atoms with E-state index in [0.717, 1.165) is 5.52 Å². The first kappa shape index (κ1) is 11.8. The Morgan fingerprint density at radius 1 is 0.684 bits per heavy atom. The highest BCUT2D eigenvalue weighted by molar-refractivity contribution is 7.25. The van der Waals surface area contributed by atoms with Crippen LogP contribution in [0.5, 0.6) is 0 Å². The van der Waals surface area contributed by atoms with Crippen molar-refractivity contribution in [3.8, 4) is 0 Å². The van der Waals surface area contributed by atoms with Gasteiger partial charge in [-0.05, 0) is 30.3 Å². The average Bonchev–Trinajstić information content (AvgIpc) is 2.88. The van der Waals surface area contributed by atoms with Crippen molar-refractivity contribution >= 4 is 31.6 Å². The third-order valence-corrected chi connectivity index (χ3v) is 3.82. The molecule has 0 aliphatic carbocycles. The predicted octanol–water partition coefficient (Wildman–Crippen LogP) is 4.53. The summed E-state index contributed by atoms with van der Waals surface area (Å²) >= 11 is 1.80. The molecule has 0 N–H and O–H groups in total. The summed E-state index contributed by atoms with van der Waals surface area (Å²) < 4.78 is 2.58. The van der Waals surface area contributed by atoms with Gasteiger partial charge < -0.3 is 0 Å². The van der Waals surface area contributed by atoms with Gasteiger partial charge in [-0.3, -0.25) is 9.97 Å². The van der Waals surface area contributed by atoms with Gasteiger partial charge in [0.05, 0.1) is 10.2 Å². The zero-order chi connectivity index (χ0) is 12.9. The van der Waals surface area contributed by atoms with E-state index in [1.165, 1.54) is 14.8 Å². The molecule has 0 bridgehead atoms. The molecular weight excluding hydrogens is 252 g/mol. The second kappa shape index (κ2) is 5.59. The highest BCUT2D eigenvalue weighted by Gasteiger charge is 2.02. The lowest BCUT2D eigenvalue weighted by Gasteiger charge is -1.87. The fraction of sp³-hybridized carbons (Fsp3) is 0. The van der Waals surface area contributed by atoms with E-state index >= 15 is 0 Å². The fourth-order valence-electron chi connectivity index (χ4n) is 1.86. The first-order valence-electron chi connectivity index (χ1n) is 6.02. The van der Waals surface area contributed by atoms with Crippen LogP contribution in [-0.4, -0.2) is 9.97 Å². The van der Waals surface area contributed by atoms with E-state index in [-0.39, 0.29) is 0 Å². The summed E-state index contributed by atoms with van der Waals surface area (Å²) in [6, 6.07) is 18.2. The van der Waals surface area contributed by atoms with Gasteiger partial charge in [0, 0.05) is 28.7 Å². The molecule has 3 heterocycles. The van der Waals surface area contributed by atoms with Crippen molar-refractivity contribution in [2.24, 2.45) is 0 Å². The number of hydrogen-bond donors (Lipinski definition) is 0. The average molecular weight is 264 g/mol. The summed E-state index contributed by atoms with van der Waals surface area (Å²) in [5.74, 6) is 0. The minimum Gasteiger partial charge on any atom is -0.265 e. The Morgan fingerprint density at radius 3 is 2.21 bits per heavy atom. The van der Waals surface area contributed by atoms with Gasteiger partial charge in [0.2, 0.25) is 0 Å². The first-order valence-corrected chi connectivity index (χ1v) is 6.84. The van der Waals surface area contributed by atoms with Gasteiger partial charge in [-0.2, -0.15) is 0 Å².